The molecule has 3 nitrogen and oxygen atoms in total. The fourth-order valence-electron chi connectivity index (χ4n) is 2.28. The van der Waals surface area contributed by atoms with E-state index >= 15 is 0 Å². The molecule has 2 rings (SSSR count). The normalized spacial score (nSPS) is 12.0. The minimum atomic E-state index is 0.603. The largest absolute Gasteiger partial charge is 0.366 e. The first-order valence-corrected chi connectivity index (χ1v) is 8.49. The highest BCUT2D eigenvalue weighted by Crippen LogP contribution is 2.30. The van der Waals surface area contributed by atoms with Crippen LogP contribution in [0.1, 0.15) is 23.6 Å². The number of benzene rings is 2. The minimum absolute atomic E-state index is 0.603. The SMILES string of the molecule is CCN(C)C=Nc1cc(C)c(C(=NC)c2ccc(Cl)cc2)cc1Cl. The van der Waals surface area contributed by atoms with Gasteiger partial charge in [-0.1, -0.05) is 35.3 Å². The van der Waals surface area contributed by atoms with E-state index in [1.807, 2.05) is 55.3 Å². The molecular weight excluding hydrogens is 341 g/mol. The fourth-order valence-corrected chi connectivity index (χ4v) is 2.61. The zero-order chi connectivity index (χ0) is 17.7. The first-order chi connectivity index (χ1) is 11.5. The Morgan fingerprint density at radius 3 is 2.42 bits per heavy atom. The summed E-state index contributed by atoms with van der Waals surface area (Å²) in [5, 5.41) is 1.31. The molecule has 0 N–H and O–H groups in total. The lowest BCUT2D eigenvalue weighted by Gasteiger charge is -2.13. The molecule has 0 aliphatic heterocycles. The average molecular weight is 362 g/mol. The van der Waals surface area contributed by atoms with Crippen LogP contribution in [0.3, 0.4) is 0 Å². The van der Waals surface area contributed by atoms with Crippen molar-refractivity contribution >= 4 is 40.9 Å². The molecule has 0 aromatic heterocycles. The van der Waals surface area contributed by atoms with E-state index in [4.69, 9.17) is 23.2 Å². The molecule has 126 valence electrons. The maximum Gasteiger partial charge on any atom is 0.0910 e. The Kier molecular flexibility index (Phi) is 6.41. The Hall–Kier alpha value is -1.84. The number of hydrogen-bond acceptors (Lipinski definition) is 2. The van der Waals surface area contributed by atoms with Gasteiger partial charge in [0, 0.05) is 36.8 Å². The third-order valence-electron chi connectivity index (χ3n) is 3.78. The zero-order valence-electron chi connectivity index (χ0n) is 14.3. The zero-order valence-corrected chi connectivity index (χ0v) is 15.9. The van der Waals surface area contributed by atoms with Gasteiger partial charge in [0.25, 0.3) is 0 Å². The Balaban J connectivity index is 2.42. The molecule has 0 saturated heterocycles. The Bertz CT molecular complexity index is 765. The molecule has 0 radical (unpaired) electrons. The fraction of sp³-hybridized carbons (Fsp3) is 0.263. The van der Waals surface area contributed by atoms with Crippen LogP contribution in [0.2, 0.25) is 10.0 Å². The van der Waals surface area contributed by atoms with E-state index in [0.717, 1.165) is 34.6 Å². The van der Waals surface area contributed by atoms with Gasteiger partial charge in [0.05, 0.1) is 22.8 Å². The molecular formula is C19H21Cl2N3. The van der Waals surface area contributed by atoms with E-state index in [0.29, 0.717) is 10.0 Å². The van der Waals surface area contributed by atoms with Crippen molar-refractivity contribution in [3.05, 3.63) is 63.1 Å². The standard InChI is InChI=1S/C19H21Cl2N3/c1-5-24(4)12-23-18-10-13(2)16(11-17(18)21)19(22-3)14-6-8-15(20)9-7-14/h6-12H,5H2,1-4H3. The molecule has 0 bridgehead atoms. The number of halogens is 2. The molecule has 0 atom stereocenters. The van der Waals surface area contributed by atoms with E-state index in [2.05, 4.69) is 16.9 Å². The summed E-state index contributed by atoms with van der Waals surface area (Å²) < 4.78 is 0. The van der Waals surface area contributed by atoms with Crippen LogP contribution in [-0.4, -0.2) is 37.6 Å². The lowest BCUT2D eigenvalue weighted by Crippen LogP contribution is -2.14. The highest BCUT2D eigenvalue weighted by Gasteiger charge is 2.12. The Morgan fingerprint density at radius 2 is 1.83 bits per heavy atom. The highest BCUT2D eigenvalue weighted by molar-refractivity contribution is 6.34. The number of aliphatic imine (C=N–C) groups is 2. The number of hydrogen-bond donors (Lipinski definition) is 0. The second-order valence-electron chi connectivity index (χ2n) is 5.52. The summed E-state index contributed by atoms with van der Waals surface area (Å²) in [5.74, 6) is 0. The van der Waals surface area contributed by atoms with Crippen molar-refractivity contribution in [3.8, 4) is 0 Å². The second kappa shape index (κ2) is 8.32. The van der Waals surface area contributed by atoms with Crippen molar-refractivity contribution in [2.45, 2.75) is 13.8 Å². The van der Waals surface area contributed by atoms with Crippen LogP contribution in [0.4, 0.5) is 5.69 Å². The van der Waals surface area contributed by atoms with Gasteiger partial charge >= 0.3 is 0 Å². The van der Waals surface area contributed by atoms with Gasteiger partial charge in [0.1, 0.15) is 0 Å². The van der Waals surface area contributed by atoms with E-state index in [9.17, 15) is 0 Å². The van der Waals surface area contributed by atoms with Gasteiger partial charge in [0.2, 0.25) is 0 Å². The lowest BCUT2D eigenvalue weighted by atomic mass is 9.97. The van der Waals surface area contributed by atoms with Crippen LogP contribution >= 0.6 is 23.2 Å². The van der Waals surface area contributed by atoms with Gasteiger partial charge in [-0.15, -0.1) is 0 Å². The summed E-state index contributed by atoms with van der Waals surface area (Å²) in [6.07, 6.45) is 1.79. The topological polar surface area (TPSA) is 28.0 Å². The summed E-state index contributed by atoms with van der Waals surface area (Å²) >= 11 is 12.4. The molecule has 24 heavy (non-hydrogen) atoms. The molecule has 0 heterocycles. The molecule has 0 saturated carbocycles. The maximum atomic E-state index is 6.43. The van der Waals surface area contributed by atoms with Crippen LogP contribution in [0.25, 0.3) is 0 Å². The smallest absolute Gasteiger partial charge is 0.0910 e. The third-order valence-corrected chi connectivity index (χ3v) is 4.34. The van der Waals surface area contributed by atoms with Gasteiger partial charge in [-0.2, -0.15) is 0 Å². The minimum Gasteiger partial charge on any atom is -0.366 e. The van der Waals surface area contributed by atoms with E-state index in [1.54, 1.807) is 13.4 Å². The molecule has 0 spiro atoms. The van der Waals surface area contributed by atoms with Gasteiger partial charge < -0.3 is 4.90 Å². The summed E-state index contributed by atoms with van der Waals surface area (Å²) in [6, 6.07) is 11.5. The quantitative estimate of drug-likeness (QED) is 0.518. The van der Waals surface area contributed by atoms with E-state index in [-0.39, 0.29) is 0 Å². The van der Waals surface area contributed by atoms with Crippen LogP contribution in [0, 0.1) is 6.92 Å². The second-order valence-corrected chi connectivity index (χ2v) is 6.36. The molecule has 0 unspecified atom stereocenters. The van der Waals surface area contributed by atoms with E-state index in [1.165, 1.54) is 0 Å². The maximum absolute atomic E-state index is 6.43. The molecule has 0 aliphatic rings. The molecule has 0 amide bonds. The molecule has 5 heteroatoms. The number of nitrogens with zero attached hydrogens (tertiary/aromatic N) is 3. The van der Waals surface area contributed by atoms with Crippen molar-refractivity contribution in [2.75, 3.05) is 20.6 Å². The molecule has 0 aliphatic carbocycles. The predicted octanol–water partition coefficient (Wildman–Crippen LogP) is 5.38. The molecule has 2 aromatic carbocycles. The summed E-state index contributed by atoms with van der Waals surface area (Å²) in [5.41, 5.74) is 4.70. The van der Waals surface area contributed by atoms with Crippen LogP contribution in [0.5, 0.6) is 0 Å². The first kappa shape index (κ1) is 18.5. The van der Waals surface area contributed by atoms with Crippen molar-refractivity contribution in [1.29, 1.82) is 0 Å². The highest BCUT2D eigenvalue weighted by atomic mass is 35.5. The van der Waals surface area contributed by atoms with Crippen LogP contribution in [-0.2, 0) is 0 Å². The van der Waals surface area contributed by atoms with Gasteiger partial charge in [-0.05, 0) is 43.7 Å². The third kappa shape index (κ3) is 4.37. The van der Waals surface area contributed by atoms with Crippen LogP contribution < -0.4 is 0 Å². The number of aryl methyl sites for hydroxylation is 1. The molecule has 0 fully saturated rings. The van der Waals surface area contributed by atoms with Crippen molar-refractivity contribution in [3.63, 3.8) is 0 Å². The van der Waals surface area contributed by atoms with Crippen molar-refractivity contribution in [2.24, 2.45) is 9.98 Å². The average Bonchev–Trinajstić information content (AvgIpc) is 2.58. The summed E-state index contributed by atoms with van der Waals surface area (Å²) in [6.45, 7) is 4.99. The first-order valence-electron chi connectivity index (χ1n) is 7.74. The Morgan fingerprint density at radius 1 is 1.17 bits per heavy atom. The summed E-state index contributed by atoms with van der Waals surface area (Å²) in [4.78, 5) is 10.9. The number of rotatable bonds is 5. The van der Waals surface area contributed by atoms with Crippen LogP contribution in [0.15, 0.2) is 46.4 Å². The van der Waals surface area contributed by atoms with Gasteiger partial charge in [-0.3, -0.25) is 4.99 Å². The van der Waals surface area contributed by atoms with E-state index < -0.39 is 0 Å². The van der Waals surface area contributed by atoms with Crippen molar-refractivity contribution in [1.82, 2.24) is 4.90 Å². The Labute approximate surface area is 153 Å². The van der Waals surface area contributed by atoms with Gasteiger partial charge in [-0.25, -0.2) is 4.99 Å². The van der Waals surface area contributed by atoms with Crippen molar-refractivity contribution < 1.29 is 0 Å². The van der Waals surface area contributed by atoms with Gasteiger partial charge in [0.15, 0.2) is 0 Å². The summed E-state index contributed by atoms with van der Waals surface area (Å²) in [7, 11) is 3.75. The lowest BCUT2D eigenvalue weighted by molar-refractivity contribution is 0.552. The molecule has 2 aromatic rings. The predicted molar refractivity (Wildman–Crippen MR) is 106 cm³/mol. The monoisotopic (exact) mass is 361 g/mol.